The van der Waals surface area contributed by atoms with Crippen LogP contribution in [0.1, 0.15) is 55.1 Å². The molecule has 54 heavy (non-hydrogen) atoms. The van der Waals surface area contributed by atoms with Crippen molar-refractivity contribution < 1.29 is 64.0 Å². The normalized spacial score (nSPS) is 21.0. The van der Waals surface area contributed by atoms with Crippen LogP contribution < -0.4 is 5.32 Å². The van der Waals surface area contributed by atoms with Gasteiger partial charge in [0.15, 0.2) is 6.10 Å². The Balaban J connectivity index is 1.42. The first-order chi connectivity index (χ1) is 25.7. The molecule has 14 nitrogen and oxygen atoms in total. The molecule has 5 rings (SSSR count). The van der Waals surface area contributed by atoms with Gasteiger partial charge < -0.3 is 55.1 Å². The number of nitrogens with one attached hydrogen (secondary N) is 1. The SMILES string of the molecule is CC(C)c1c(C(=O)Nc2ccccc2O)c(-c2ccccc2)c(-c2ccc(F)cc2)n1CC[C@@H](O)C[C@@H](O)CC(=O)O[C@@H]1OC(C(=O)O)[C@H](O)C(O)C1O. The van der Waals surface area contributed by atoms with Gasteiger partial charge in [-0.05, 0) is 66.3 Å². The summed E-state index contributed by atoms with van der Waals surface area (Å²) >= 11 is 0. The second kappa shape index (κ2) is 17.3. The number of ether oxygens (including phenoxy) is 2. The van der Waals surface area contributed by atoms with Crippen molar-refractivity contribution in [1.29, 1.82) is 0 Å². The van der Waals surface area contributed by atoms with Crippen LogP contribution in [-0.2, 0) is 25.6 Å². The lowest BCUT2D eigenvalue weighted by molar-refractivity contribution is -0.286. The maximum Gasteiger partial charge on any atom is 0.335 e. The number of phenolic OH excluding ortho intramolecular Hbond substituents is 1. The van der Waals surface area contributed by atoms with E-state index in [2.05, 4.69) is 5.32 Å². The molecule has 288 valence electrons. The van der Waals surface area contributed by atoms with E-state index in [9.17, 15) is 54.5 Å². The van der Waals surface area contributed by atoms with Crippen molar-refractivity contribution in [2.45, 2.75) is 88.5 Å². The van der Waals surface area contributed by atoms with Gasteiger partial charge in [0.1, 0.15) is 29.9 Å². The minimum absolute atomic E-state index is 0.0122. The van der Waals surface area contributed by atoms with Crippen LogP contribution in [0, 0.1) is 5.82 Å². The fourth-order valence-corrected chi connectivity index (χ4v) is 6.57. The Morgan fingerprint density at radius 2 is 1.52 bits per heavy atom. The maximum atomic E-state index is 14.3. The van der Waals surface area contributed by atoms with Crippen LogP contribution in [0.25, 0.3) is 22.4 Å². The number of esters is 1. The molecule has 2 heterocycles. The summed E-state index contributed by atoms with van der Waals surface area (Å²) in [6.45, 7) is 3.88. The predicted molar refractivity (Wildman–Crippen MR) is 192 cm³/mol. The van der Waals surface area contributed by atoms with Crippen LogP contribution in [0.4, 0.5) is 10.1 Å². The number of aliphatic carboxylic acids is 1. The van der Waals surface area contributed by atoms with Crippen molar-refractivity contribution in [3.63, 3.8) is 0 Å². The number of para-hydroxylation sites is 2. The molecular weight excluding hydrogens is 707 g/mol. The first-order valence-corrected chi connectivity index (χ1v) is 17.3. The van der Waals surface area contributed by atoms with Gasteiger partial charge in [-0.3, -0.25) is 9.59 Å². The van der Waals surface area contributed by atoms with E-state index in [4.69, 9.17) is 9.47 Å². The second-order valence-corrected chi connectivity index (χ2v) is 13.4. The molecule has 0 spiro atoms. The van der Waals surface area contributed by atoms with Crippen LogP contribution in [0.3, 0.4) is 0 Å². The molecule has 1 aromatic heterocycles. The summed E-state index contributed by atoms with van der Waals surface area (Å²) in [7, 11) is 0. The predicted octanol–water partition coefficient (Wildman–Crippen LogP) is 3.37. The van der Waals surface area contributed by atoms with Crippen molar-refractivity contribution in [3.05, 3.63) is 95.9 Å². The average molecular weight is 751 g/mol. The number of rotatable bonds is 14. The Morgan fingerprint density at radius 3 is 2.15 bits per heavy atom. The van der Waals surface area contributed by atoms with Crippen LogP contribution in [-0.4, -0.2) is 101 Å². The van der Waals surface area contributed by atoms with E-state index in [0.29, 0.717) is 33.6 Å². The molecule has 1 fully saturated rings. The molecule has 1 saturated heterocycles. The fourth-order valence-electron chi connectivity index (χ4n) is 6.57. The van der Waals surface area contributed by atoms with Crippen molar-refractivity contribution in [3.8, 4) is 28.1 Å². The average Bonchev–Trinajstić information content (AvgIpc) is 3.48. The highest BCUT2D eigenvalue weighted by atomic mass is 19.1. The van der Waals surface area contributed by atoms with Crippen molar-refractivity contribution in [2.24, 2.45) is 0 Å². The zero-order valence-electron chi connectivity index (χ0n) is 29.4. The number of nitrogens with zero attached hydrogens (tertiary/aromatic N) is 1. The van der Waals surface area contributed by atoms with Gasteiger partial charge in [-0.1, -0.05) is 56.3 Å². The molecule has 1 aliphatic rings. The lowest BCUT2D eigenvalue weighted by atomic mass is 9.94. The number of aliphatic hydroxyl groups is 5. The first kappa shape index (κ1) is 40.0. The number of halogens is 1. The number of carboxylic acid groups (broad SMARTS) is 1. The number of carbonyl (C=O) groups excluding carboxylic acids is 2. The molecule has 3 aromatic carbocycles. The van der Waals surface area contributed by atoms with E-state index >= 15 is 0 Å². The number of amides is 1. The number of phenols is 1. The van der Waals surface area contributed by atoms with Crippen LogP contribution >= 0.6 is 0 Å². The molecule has 0 aliphatic carbocycles. The standard InChI is InChI=1S/C39H43FN2O12/c1-20(2)31-30(37(50)41-26-10-6-7-11-27(26)45)29(21-8-4-3-5-9-21)32(22-12-14-23(40)15-13-22)42(31)17-16-24(43)18-25(44)19-28(46)53-39-35(49)33(47)34(48)36(54-39)38(51)52/h3-15,20,24-25,33-36,39,43-45,47-49H,16-19H2,1-2H3,(H,41,50)(H,51,52)/t24-,25-,33?,34-,35?,36?,39-/m1/s1. The zero-order chi connectivity index (χ0) is 39.3. The maximum absolute atomic E-state index is 14.3. The highest BCUT2D eigenvalue weighted by Crippen LogP contribution is 2.43. The van der Waals surface area contributed by atoms with Crippen molar-refractivity contribution in [2.75, 3.05) is 5.32 Å². The lowest BCUT2D eigenvalue weighted by Gasteiger charge is -2.38. The van der Waals surface area contributed by atoms with Gasteiger partial charge >= 0.3 is 11.9 Å². The van der Waals surface area contributed by atoms with Crippen LogP contribution in [0.2, 0.25) is 0 Å². The zero-order valence-corrected chi connectivity index (χ0v) is 29.4. The summed E-state index contributed by atoms with van der Waals surface area (Å²) in [5, 5.41) is 74.3. The molecule has 0 saturated carbocycles. The Morgan fingerprint density at radius 1 is 0.870 bits per heavy atom. The van der Waals surface area contributed by atoms with Crippen molar-refractivity contribution in [1.82, 2.24) is 4.57 Å². The van der Waals surface area contributed by atoms with E-state index < -0.39 is 73.0 Å². The second-order valence-electron chi connectivity index (χ2n) is 13.4. The summed E-state index contributed by atoms with van der Waals surface area (Å²) in [6, 6.07) is 21.2. The molecule has 8 N–H and O–H groups in total. The first-order valence-electron chi connectivity index (χ1n) is 17.3. The highest BCUT2D eigenvalue weighted by Gasteiger charge is 2.48. The number of aromatic nitrogens is 1. The number of hydrogen-bond acceptors (Lipinski definition) is 11. The Kier molecular flexibility index (Phi) is 12.8. The lowest BCUT2D eigenvalue weighted by Crippen LogP contribution is -2.60. The third kappa shape index (κ3) is 8.95. The highest BCUT2D eigenvalue weighted by molar-refractivity contribution is 6.13. The quantitative estimate of drug-likeness (QED) is 0.0686. The van der Waals surface area contributed by atoms with Gasteiger partial charge in [-0.15, -0.1) is 0 Å². The Hall–Kier alpha value is -5.16. The molecule has 1 aliphatic heterocycles. The van der Waals surface area contributed by atoms with Gasteiger partial charge in [0, 0.05) is 17.8 Å². The van der Waals surface area contributed by atoms with E-state index in [1.165, 1.54) is 18.2 Å². The third-order valence-corrected chi connectivity index (χ3v) is 9.10. The molecule has 0 radical (unpaired) electrons. The van der Waals surface area contributed by atoms with Gasteiger partial charge in [-0.2, -0.15) is 0 Å². The Bertz CT molecular complexity index is 1930. The van der Waals surface area contributed by atoms with E-state index in [-0.39, 0.29) is 36.7 Å². The number of anilines is 1. The molecule has 4 aromatic rings. The van der Waals surface area contributed by atoms with Gasteiger partial charge in [-0.25, -0.2) is 9.18 Å². The summed E-state index contributed by atoms with van der Waals surface area (Å²) < 4.78 is 26.0. The summed E-state index contributed by atoms with van der Waals surface area (Å²) in [5.74, 6) is -4.19. The monoisotopic (exact) mass is 750 g/mol. The number of hydrogen-bond donors (Lipinski definition) is 8. The molecule has 7 atom stereocenters. The molecular formula is C39H43FN2O12. The fraction of sp³-hybridized carbons (Fsp3) is 0.359. The van der Waals surface area contributed by atoms with Gasteiger partial charge in [0.2, 0.25) is 6.29 Å². The smallest absolute Gasteiger partial charge is 0.335 e. The van der Waals surface area contributed by atoms with Crippen LogP contribution in [0.15, 0.2) is 78.9 Å². The molecule has 1 amide bonds. The molecule has 0 bridgehead atoms. The minimum Gasteiger partial charge on any atom is -0.506 e. The number of benzene rings is 3. The molecule has 3 unspecified atom stereocenters. The summed E-state index contributed by atoms with van der Waals surface area (Å²) in [5.41, 5.74) is 3.41. The van der Waals surface area contributed by atoms with Crippen LogP contribution in [0.5, 0.6) is 5.75 Å². The van der Waals surface area contributed by atoms with Crippen molar-refractivity contribution >= 4 is 23.5 Å². The minimum atomic E-state index is -1.99. The van der Waals surface area contributed by atoms with Gasteiger partial charge in [0.05, 0.1) is 35.6 Å². The molecule has 15 heteroatoms. The summed E-state index contributed by atoms with van der Waals surface area (Å²) in [6.07, 6.45) is -13.6. The third-order valence-electron chi connectivity index (χ3n) is 9.10. The largest absolute Gasteiger partial charge is 0.506 e. The number of carbonyl (C=O) groups is 3. The van der Waals surface area contributed by atoms with E-state index in [0.717, 1.165) is 0 Å². The van der Waals surface area contributed by atoms with E-state index in [1.54, 1.807) is 30.3 Å². The summed E-state index contributed by atoms with van der Waals surface area (Å²) in [4.78, 5) is 38.2. The number of aliphatic hydroxyl groups excluding tert-OH is 5. The van der Waals surface area contributed by atoms with E-state index in [1.807, 2.05) is 48.7 Å². The Labute approximate surface area is 309 Å². The number of carboxylic acids is 1. The number of aromatic hydroxyl groups is 1. The van der Waals surface area contributed by atoms with Gasteiger partial charge in [0.25, 0.3) is 5.91 Å². The topological polar surface area (TPSA) is 228 Å².